The Morgan fingerprint density at radius 1 is 1.28 bits per heavy atom. The lowest BCUT2D eigenvalue weighted by atomic mass is 9.91. The Labute approximate surface area is 152 Å². The van der Waals surface area contributed by atoms with Gasteiger partial charge in [-0.25, -0.2) is 4.98 Å². The van der Waals surface area contributed by atoms with Crippen LogP contribution in [0.4, 0.5) is 0 Å². The summed E-state index contributed by atoms with van der Waals surface area (Å²) in [5.74, 6) is 0.418. The van der Waals surface area contributed by atoms with E-state index in [4.69, 9.17) is 4.74 Å². The number of likely N-dealkylation sites (tertiary alicyclic amines) is 1. The lowest BCUT2D eigenvalue weighted by Crippen LogP contribution is -2.52. The molecule has 25 heavy (non-hydrogen) atoms. The van der Waals surface area contributed by atoms with Crippen molar-refractivity contribution in [2.75, 3.05) is 32.8 Å². The number of hydrogen-bond donors (Lipinski definition) is 0. The zero-order valence-corrected chi connectivity index (χ0v) is 15.0. The van der Waals surface area contributed by atoms with Crippen LogP contribution in [0.15, 0.2) is 41.2 Å². The molecule has 0 saturated carbocycles. The molecule has 5 nitrogen and oxygen atoms in total. The molecule has 4 rings (SSSR count). The van der Waals surface area contributed by atoms with Crippen molar-refractivity contribution in [3.63, 3.8) is 0 Å². The summed E-state index contributed by atoms with van der Waals surface area (Å²) in [5.41, 5.74) is 3.62. The number of hydrogen-bond acceptors (Lipinski definition) is 5. The second kappa shape index (κ2) is 7.64. The fourth-order valence-electron chi connectivity index (χ4n) is 3.93. The highest BCUT2D eigenvalue weighted by molar-refractivity contribution is 7.07. The van der Waals surface area contributed by atoms with E-state index in [9.17, 15) is 4.79 Å². The smallest absolute Gasteiger partial charge is 0.273 e. The maximum absolute atomic E-state index is 12.6. The first-order valence-electron chi connectivity index (χ1n) is 8.84. The fourth-order valence-corrected chi connectivity index (χ4v) is 4.45. The van der Waals surface area contributed by atoms with E-state index >= 15 is 0 Å². The maximum atomic E-state index is 12.6. The van der Waals surface area contributed by atoms with Crippen LogP contribution in [0.3, 0.4) is 0 Å². The van der Waals surface area contributed by atoms with Crippen LogP contribution in [0.5, 0.6) is 0 Å². The van der Waals surface area contributed by atoms with Crippen molar-refractivity contribution < 1.29 is 9.53 Å². The highest BCUT2D eigenvalue weighted by Crippen LogP contribution is 2.27. The van der Waals surface area contributed by atoms with Gasteiger partial charge in [-0.05, 0) is 12.0 Å². The Morgan fingerprint density at radius 2 is 2.16 bits per heavy atom. The van der Waals surface area contributed by atoms with Gasteiger partial charge in [-0.15, -0.1) is 11.3 Å². The SMILES string of the molecule is O=C(c1cscn1)N1CC[C@@H]2[C@@H](COCCN2Cc2ccccc2)C1. The molecular formula is C19H23N3O2S. The molecule has 1 aromatic heterocycles. The maximum Gasteiger partial charge on any atom is 0.273 e. The molecule has 0 spiro atoms. The van der Waals surface area contributed by atoms with E-state index in [-0.39, 0.29) is 5.91 Å². The Bertz CT molecular complexity index is 692. The number of benzene rings is 1. The van der Waals surface area contributed by atoms with E-state index in [2.05, 4.69) is 40.2 Å². The van der Waals surface area contributed by atoms with Crippen molar-refractivity contribution >= 4 is 17.2 Å². The van der Waals surface area contributed by atoms with Crippen LogP contribution >= 0.6 is 11.3 Å². The minimum Gasteiger partial charge on any atom is -0.380 e. The molecule has 2 aromatic rings. The number of carbonyl (C=O) groups is 1. The van der Waals surface area contributed by atoms with Crippen LogP contribution in [0, 0.1) is 5.92 Å². The zero-order chi connectivity index (χ0) is 17.1. The summed E-state index contributed by atoms with van der Waals surface area (Å²) in [6.07, 6.45) is 0.997. The normalized spacial score (nSPS) is 24.6. The second-order valence-corrected chi connectivity index (χ2v) is 7.49. The molecule has 1 amide bonds. The quantitative estimate of drug-likeness (QED) is 0.847. The number of thiazole rings is 1. The molecule has 0 aliphatic carbocycles. The molecule has 2 aliphatic rings. The first kappa shape index (κ1) is 16.7. The van der Waals surface area contributed by atoms with Crippen molar-refractivity contribution in [1.82, 2.24) is 14.8 Å². The monoisotopic (exact) mass is 357 g/mol. The van der Waals surface area contributed by atoms with Crippen LogP contribution in [-0.4, -0.2) is 59.6 Å². The summed E-state index contributed by atoms with van der Waals surface area (Å²) < 4.78 is 5.86. The van der Waals surface area contributed by atoms with E-state index in [1.54, 1.807) is 5.51 Å². The first-order chi connectivity index (χ1) is 12.3. The summed E-state index contributed by atoms with van der Waals surface area (Å²) in [6, 6.07) is 11.1. The van der Waals surface area contributed by atoms with Crippen molar-refractivity contribution in [3.05, 3.63) is 52.5 Å². The van der Waals surface area contributed by atoms with Gasteiger partial charge >= 0.3 is 0 Å². The van der Waals surface area contributed by atoms with Gasteiger partial charge in [0.1, 0.15) is 5.69 Å². The molecule has 1 aromatic carbocycles. The van der Waals surface area contributed by atoms with Gasteiger partial charge in [0, 0.05) is 43.5 Å². The second-order valence-electron chi connectivity index (χ2n) is 6.77. The molecule has 0 radical (unpaired) electrons. The van der Waals surface area contributed by atoms with Gasteiger partial charge in [-0.3, -0.25) is 9.69 Å². The number of rotatable bonds is 3. The molecule has 132 valence electrons. The molecule has 2 fully saturated rings. The van der Waals surface area contributed by atoms with Crippen molar-refractivity contribution in [2.24, 2.45) is 5.92 Å². The average Bonchev–Trinajstić information content (AvgIpc) is 3.12. The van der Waals surface area contributed by atoms with Gasteiger partial charge in [0.2, 0.25) is 0 Å². The van der Waals surface area contributed by atoms with Gasteiger partial charge in [0.05, 0.1) is 18.7 Å². The minimum absolute atomic E-state index is 0.0542. The van der Waals surface area contributed by atoms with Crippen LogP contribution in [0.2, 0.25) is 0 Å². The van der Waals surface area contributed by atoms with Gasteiger partial charge < -0.3 is 9.64 Å². The predicted octanol–water partition coefficient (Wildman–Crippen LogP) is 2.51. The average molecular weight is 357 g/mol. The third-order valence-corrected chi connectivity index (χ3v) is 5.77. The van der Waals surface area contributed by atoms with Crippen LogP contribution in [0.1, 0.15) is 22.5 Å². The van der Waals surface area contributed by atoms with Crippen molar-refractivity contribution in [2.45, 2.75) is 19.0 Å². The first-order valence-corrected chi connectivity index (χ1v) is 9.79. The van der Waals surface area contributed by atoms with Gasteiger partial charge in [0.25, 0.3) is 5.91 Å². The largest absolute Gasteiger partial charge is 0.380 e. The van der Waals surface area contributed by atoms with Crippen LogP contribution in [-0.2, 0) is 11.3 Å². The number of fused-ring (bicyclic) bond motifs is 1. The molecule has 2 saturated heterocycles. The van der Waals surface area contributed by atoms with Gasteiger partial charge in [-0.1, -0.05) is 30.3 Å². The van der Waals surface area contributed by atoms with E-state index in [1.807, 2.05) is 10.3 Å². The third-order valence-electron chi connectivity index (χ3n) is 5.18. The highest BCUT2D eigenvalue weighted by atomic mass is 32.1. The summed E-state index contributed by atoms with van der Waals surface area (Å²) in [5, 5.41) is 1.83. The number of carbonyl (C=O) groups excluding carboxylic acids is 1. The topological polar surface area (TPSA) is 45.7 Å². The standard InChI is InChI=1S/C19H23N3O2S/c23-19(17-13-25-14-20-17)22-7-6-18-16(11-22)12-24-9-8-21(18)10-15-4-2-1-3-5-15/h1-5,13-14,16,18H,6-12H2/t16-,18-/m1/s1. The third kappa shape index (κ3) is 3.76. The number of nitrogens with zero attached hydrogens (tertiary/aromatic N) is 3. The van der Waals surface area contributed by atoms with Crippen LogP contribution < -0.4 is 0 Å². The lowest BCUT2D eigenvalue weighted by Gasteiger charge is -2.42. The van der Waals surface area contributed by atoms with Crippen molar-refractivity contribution in [3.8, 4) is 0 Å². The zero-order valence-electron chi connectivity index (χ0n) is 14.2. The Morgan fingerprint density at radius 3 is 2.96 bits per heavy atom. The van der Waals surface area contributed by atoms with Gasteiger partial charge in [0.15, 0.2) is 0 Å². The minimum atomic E-state index is 0.0542. The van der Waals surface area contributed by atoms with E-state index in [0.29, 0.717) is 17.7 Å². The lowest BCUT2D eigenvalue weighted by molar-refractivity contribution is 0.0367. The number of piperidine rings is 1. The number of ether oxygens (including phenoxy) is 1. The van der Waals surface area contributed by atoms with Gasteiger partial charge in [-0.2, -0.15) is 0 Å². The molecule has 2 atom stereocenters. The number of aromatic nitrogens is 1. The Balaban J connectivity index is 1.46. The predicted molar refractivity (Wildman–Crippen MR) is 97.6 cm³/mol. The summed E-state index contributed by atoms with van der Waals surface area (Å²) in [6.45, 7) is 4.95. The molecule has 6 heteroatoms. The summed E-state index contributed by atoms with van der Waals surface area (Å²) in [4.78, 5) is 21.3. The van der Waals surface area contributed by atoms with E-state index < -0.39 is 0 Å². The number of amides is 1. The Hall–Kier alpha value is -1.76. The molecule has 2 aliphatic heterocycles. The molecule has 0 N–H and O–H groups in total. The molecule has 3 heterocycles. The summed E-state index contributed by atoms with van der Waals surface area (Å²) in [7, 11) is 0. The molecular weight excluding hydrogens is 334 g/mol. The highest BCUT2D eigenvalue weighted by Gasteiger charge is 2.37. The van der Waals surface area contributed by atoms with E-state index in [1.165, 1.54) is 16.9 Å². The Kier molecular flexibility index (Phi) is 5.10. The summed E-state index contributed by atoms with van der Waals surface area (Å²) >= 11 is 1.47. The van der Waals surface area contributed by atoms with Crippen LogP contribution in [0.25, 0.3) is 0 Å². The van der Waals surface area contributed by atoms with E-state index in [0.717, 1.165) is 45.8 Å². The molecule has 0 bridgehead atoms. The molecule has 0 unspecified atom stereocenters. The van der Waals surface area contributed by atoms with Crippen molar-refractivity contribution in [1.29, 1.82) is 0 Å². The fraction of sp³-hybridized carbons (Fsp3) is 0.474.